The van der Waals surface area contributed by atoms with E-state index in [4.69, 9.17) is 0 Å². The van der Waals surface area contributed by atoms with E-state index >= 15 is 0 Å². The average Bonchev–Trinajstić information content (AvgIpc) is 3.43. The first-order chi connectivity index (χ1) is 12.5. The second-order valence-electron chi connectivity index (χ2n) is 6.37. The fourth-order valence-electron chi connectivity index (χ4n) is 2.77. The monoisotopic (exact) mass is 352 g/mol. The zero-order valence-electron chi connectivity index (χ0n) is 14.6. The number of carbonyl (C=O) groups excluding carboxylic acids is 3. The van der Waals surface area contributed by atoms with Gasteiger partial charge in [0.15, 0.2) is 0 Å². The Morgan fingerprint density at radius 3 is 2.12 bits per heavy atom. The van der Waals surface area contributed by atoms with Gasteiger partial charge in [-0.05, 0) is 55.3 Å². The van der Waals surface area contributed by atoms with Gasteiger partial charge in [-0.15, -0.1) is 0 Å². The highest BCUT2D eigenvalue weighted by atomic mass is 16.5. The minimum atomic E-state index is -0.432. The zero-order valence-corrected chi connectivity index (χ0v) is 14.6. The Balaban J connectivity index is 1.54. The van der Waals surface area contributed by atoms with Crippen LogP contribution in [0.15, 0.2) is 48.5 Å². The lowest BCUT2D eigenvalue weighted by Gasteiger charge is -2.07. The maximum absolute atomic E-state index is 12.3. The number of carbonyl (C=O) groups is 3. The highest BCUT2D eigenvalue weighted by Gasteiger charge is 2.48. The molecule has 1 aliphatic carbocycles. The largest absolute Gasteiger partial charge is 0.465 e. The smallest absolute Gasteiger partial charge is 0.337 e. The fraction of sp³-hybridized carbons (Fsp3) is 0.250. The number of nitrogens with one attached hydrogen (secondary N) is 2. The quantitative estimate of drug-likeness (QED) is 0.810. The molecular formula is C20H20N2O4. The third-order valence-corrected chi connectivity index (χ3v) is 4.32. The summed E-state index contributed by atoms with van der Waals surface area (Å²) >= 11 is 0. The lowest BCUT2D eigenvalue weighted by Crippen LogP contribution is -2.20. The molecule has 0 bridgehead atoms. The van der Waals surface area contributed by atoms with Crippen LogP contribution in [0.1, 0.15) is 22.3 Å². The maximum atomic E-state index is 12.3. The van der Waals surface area contributed by atoms with Crippen LogP contribution in [0.5, 0.6) is 0 Å². The number of rotatable bonds is 5. The first-order valence-corrected chi connectivity index (χ1v) is 8.34. The Kier molecular flexibility index (Phi) is 5.02. The van der Waals surface area contributed by atoms with Crippen molar-refractivity contribution in [1.82, 2.24) is 0 Å². The standard InChI is InChI=1S/C20H20N2O4/c1-12-4-3-5-15(10-12)22-19(24)17-11-16(17)18(23)21-14-8-6-13(7-9-14)20(25)26-2/h3-10,16-17H,11H2,1-2H3,(H,21,23)(H,22,24). The van der Waals surface area contributed by atoms with E-state index < -0.39 is 5.97 Å². The molecule has 2 aromatic rings. The summed E-state index contributed by atoms with van der Waals surface area (Å²) in [5.41, 5.74) is 2.78. The Morgan fingerprint density at radius 1 is 0.923 bits per heavy atom. The van der Waals surface area contributed by atoms with Crippen LogP contribution in [-0.2, 0) is 14.3 Å². The van der Waals surface area contributed by atoms with Gasteiger partial charge < -0.3 is 15.4 Å². The van der Waals surface area contributed by atoms with E-state index in [9.17, 15) is 14.4 Å². The van der Waals surface area contributed by atoms with Crippen LogP contribution in [0.4, 0.5) is 11.4 Å². The highest BCUT2D eigenvalue weighted by molar-refractivity contribution is 6.03. The lowest BCUT2D eigenvalue weighted by atomic mass is 10.2. The number of esters is 1. The van der Waals surface area contributed by atoms with Crippen LogP contribution in [0, 0.1) is 18.8 Å². The van der Waals surface area contributed by atoms with Gasteiger partial charge in [-0.2, -0.15) is 0 Å². The average molecular weight is 352 g/mol. The zero-order chi connectivity index (χ0) is 18.7. The number of methoxy groups -OCH3 is 1. The molecule has 2 N–H and O–H groups in total. The summed E-state index contributed by atoms with van der Waals surface area (Å²) in [7, 11) is 1.31. The van der Waals surface area contributed by atoms with E-state index in [1.165, 1.54) is 7.11 Å². The van der Waals surface area contributed by atoms with Crippen LogP contribution in [-0.4, -0.2) is 24.9 Å². The van der Waals surface area contributed by atoms with Crippen molar-refractivity contribution in [2.75, 3.05) is 17.7 Å². The summed E-state index contributed by atoms with van der Waals surface area (Å²) in [6, 6.07) is 14.0. The number of benzene rings is 2. The normalized spacial score (nSPS) is 17.9. The maximum Gasteiger partial charge on any atom is 0.337 e. The molecule has 2 aromatic carbocycles. The first-order valence-electron chi connectivity index (χ1n) is 8.34. The van der Waals surface area contributed by atoms with E-state index in [-0.39, 0.29) is 23.7 Å². The van der Waals surface area contributed by atoms with Gasteiger partial charge in [-0.25, -0.2) is 4.79 Å². The fourth-order valence-corrected chi connectivity index (χ4v) is 2.77. The lowest BCUT2D eigenvalue weighted by molar-refractivity contribution is -0.122. The van der Waals surface area contributed by atoms with Crippen molar-refractivity contribution in [3.05, 3.63) is 59.7 Å². The SMILES string of the molecule is COC(=O)c1ccc(NC(=O)C2CC2C(=O)Nc2cccc(C)c2)cc1. The van der Waals surface area contributed by atoms with Gasteiger partial charge in [0.2, 0.25) is 11.8 Å². The number of anilines is 2. The Bertz CT molecular complexity index is 845. The van der Waals surface area contributed by atoms with Crippen LogP contribution in [0.2, 0.25) is 0 Å². The molecule has 2 unspecified atom stereocenters. The van der Waals surface area contributed by atoms with Gasteiger partial charge in [0.25, 0.3) is 0 Å². The van der Waals surface area contributed by atoms with Crippen molar-refractivity contribution in [3.8, 4) is 0 Å². The minimum Gasteiger partial charge on any atom is -0.465 e. The molecule has 0 saturated heterocycles. The van der Waals surface area contributed by atoms with Crippen LogP contribution in [0.25, 0.3) is 0 Å². The van der Waals surface area contributed by atoms with Gasteiger partial charge in [-0.1, -0.05) is 12.1 Å². The summed E-state index contributed by atoms with van der Waals surface area (Å²) in [6.45, 7) is 1.95. The molecule has 6 heteroatoms. The molecule has 0 heterocycles. The third-order valence-electron chi connectivity index (χ3n) is 4.32. The molecule has 2 atom stereocenters. The van der Waals surface area contributed by atoms with Crippen LogP contribution >= 0.6 is 0 Å². The summed E-state index contributed by atoms with van der Waals surface area (Å²) in [5, 5.41) is 5.62. The summed E-state index contributed by atoms with van der Waals surface area (Å²) < 4.78 is 4.63. The Labute approximate surface area is 151 Å². The molecule has 1 fully saturated rings. The van der Waals surface area contributed by atoms with Crippen LogP contribution < -0.4 is 10.6 Å². The Morgan fingerprint density at radius 2 is 1.54 bits per heavy atom. The molecular weight excluding hydrogens is 332 g/mol. The van der Waals surface area contributed by atoms with Crippen LogP contribution in [0.3, 0.4) is 0 Å². The van der Waals surface area contributed by atoms with E-state index in [2.05, 4.69) is 15.4 Å². The van der Waals surface area contributed by atoms with Gasteiger partial charge in [0.05, 0.1) is 24.5 Å². The molecule has 2 amide bonds. The van der Waals surface area contributed by atoms with Crippen molar-refractivity contribution < 1.29 is 19.1 Å². The Hall–Kier alpha value is -3.15. The van der Waals surface area contributed by atoms with Gasteiger partial charge in [-0.3, -0.25) is 9.59 Å². The summed E-state index contributed by atoms with van der Waals surface area (Å²) in [6.07, 6.45) is 0.531. The van der Waals surface area contributed by atoms with Crippen molar-refractivity contribution in [2.24, 2.45) is 11.8 Å². The molecule has 0 spiro atoms. The molecule has 0 radical (unpaired) electrons. The number of ether oxygens (including phenoxy) is 1. The van der Waals surface area contributed by atoms with Gasteiger partial charge >= 0.3 is 5.97 Å². The molecule has 134 valence electrons. The predicted molar refractivity (Wildman–Crippen MR) is 97.8 cm³/mol. The second-order valence-corrected chi connectivity index (χ2v) is 6.37. The second kappa shape index (κ2) is 7.39. The van der Waals surface area contributed by atoms with Crippen molar-refractivity contribution >= 4 is 29.2 Å². The summed E-state index contributed by atoms with van der Waals surface area (Å²) in [4.78, 5) is 36.0. The van der Waals surface area contributed by atoms with Crippen molar-refractivity contribution in [3.63, 3.8) is 0 Å². The van der Waals surface area contributed by atoms with Gasteiger partial charge in [0.1, 0.15) is 0 Å². The molecule has 1 aliphatic rings. The molecule has 6 nitrogen and oxygen atoms in total. The summed E-state index contributed by atoms with van der Waals surface area (Å²) in [5.74, 6) is -1.42. The van der Waals surface area contributed by atoms with E-state index in [0.29, 0.717) is 17.7 Å². The van der Waals surface area contributed by atoms with Crippen molar-refractivity contribution in [1.29, 1.82) is 0 Å². The molecule has 26 heavy (non-hydrogen) atoms. The van der Waals surface area contributed by atoms with E-state index in [1.807, 2.05) is 31.2 Å². The molecule has 0 aromatic heterocycles. The molecule has 0 aliphatic heterocycles. The number of hydrogen-bond donors (Lipinski definition) is 2. The molecule has 1 saturated carbocycles. The number of hydrogen-bond acceptors (Lipinski definition) is 4. The molecule has 3 rings (SSSR count). The van der Waals surface area contributed by atoms with E-state index in [1.54, 1.807) is 24.3 Å². The predicted octanol–water partition coefficient (Wildman–Crippen LogP) is 2.99. The number of aryl methyl sites for hydroxylation is 1. The highest BCUT2D eigenvalue weighted by Crippen LogP contribution is 2.40. The van der Waals surface area contributed by atoms with Crippen molar-refractivity contribution in [2.45, 2.75) is 13.3 Å². The third kappa shape index (κ3) is 4.08. The first kappa shape index (κ1) is 17.7. The number of amides is 2. The van der Waals surface area contributed by atoms with E-state index in [0.717, 1.165) is 11.3 Å². The minimum absolute atomic E-state index is 0.142. The van der Waals surface area contributed by atoms with Gasteiger partial charge in [0, 0.05) is 11.4 Å². The topological polar surface area (TPSA) is 84.5 Å².